The van der Waals surface area contributed by atoms with Crippen LogP contribution in [0.2, 0.25) is 0 Å². The number of carbonyl (C=O) groups is 2. The van der Waals surface area contributed by atoms with Crippen molar-refractivity contribution in [2.75, 3.05) is 13.2 Å². The maximum atomic E-state index is 11.0. The molecule has 0 fully saturated rings. The minimum absolute atomic E-state index is 0.00353. The smallest absolute Gasteiger partial charge is 0.407 e. The first kappa shape index (κ1) is 14.4. The second-order valence-electron chi connectivity index (χ2n) is 3.97. The van der Waals surface area contributed by atoms with E-state index in [9.17, 15) is 14.7 Å². The lowest BCUT2D eigenvalue weighted by Gasteiger charge is -2.27. The van der Waals surface area contributed by atoms with Crippen molar-refractivity contribution >= 4 is 12.1 Å². The zero-order valence-corrected chi connectivity index (χ0v) is 9.40. The fourth-order valence-corrected chi connectivity index (χ4v) is 0.917. The Morgan fingerprint density at radius 1 is 1.56 bits per heavy atom. The number of alkyl carbamates (subject to hydrolysis) is 1. The molecule has 16 heavy (non-hydrogen) atoms. The van der Waals surface area contributed by atoms with Crippen LogP contribution in [-0.4, -0.2) is 41.5 Å². The van der Waals surface area contributed by atoms with Gasteiger partial charge in [0.25, 0.3) is 0 Å². The Labute approximate surface area is 93.9 Å². The third kappa shape index (κ3) is 4.79. The minimum Gasteiger partial charge on any atom is -0.479 e. The van der Waals surface area contributed by atoms with Gasteiger partial charge in [-0.1, -0.05) is 26.5 Å². The van der Waals surface area contributed by atoms with Gasteiger partial charge in [-0.2, -0.15) is 0 Å². The zero-order valence-electron chi connectivity index (χ0n) is 9.40. The molecule has 1 atom stereocenters. The van der Waals surface area contributed by atoms with Gasteiger partial charge < -0.3 is 20.3 Å². The summed E-state index contributed by atoms with van der Waals surface area (Å²) in [5, 5.41) is 20.3. The standard InChI is InChI=1S/C10H17NO5/c1-4-5-16-9(15)11-6-10(2,3)7(12)8(13)14/h4,7,12H,1,5-6H2,2-3H3,(H,11,15)(H,13,14). The molecule has 0 radical (unpaired) electrons. The molecule has 0 rings (SSSR count). The summed E-state index contributed by atoms with van der Waals surface area (Å²) in [7, 11) is 0. The van der Waals surface area contributed by atoms with Crippen molar-refractivity contribution in [2.24, 2.45) is 5.41 Å². The highest BCUT2D eigenvalue weighted by Gasteiger charge is 2.33. The van der Waals surface area contributed by atoms with Gasteiger partial charge in [-0.15, -0.1) is 0 Å². The highest BCUT2D eigenvalue weighted by molar-refractivity contribution is 5.73. The number of hydrogen-bond acceptors (Lipinski definition) is 4. The van der Waals surface area contributed by atoms with Gasteiger partial charge in [0, 0.05) is 12.0 Å². The number of aliphatic hydroxyl groups is 1. The van der Waals surface area contributed by atoms with Crippen LogP contribution in [0.4, 0.5) is 4.79 Å². The quantitative estimate of drug-likeness (QED) is 0.574. The van der Waals surface area contributed by atoms with Crippen LogP contribution in [0.3, 0.4) is 0 Å². The van der Waals surface area contributed by atoms with Gasteiger partial charge in [0.05, 0.1) is 0 Å². The highest BCUT2D eigenvalue weighted by atomic mass is 16.5. The molecule has 0 aromatic carbocycles. The summed E-state index contributed by atoms with van der Waals surface area (Å²) in [6.07, 6.45) is -0.811. The van der Waals surface area contributed by atoms with Crippen molar-refractivity contribution in [1.29, 1.82) is 0 Å². The molecule has 0 saturated carbocycles. The summed E-state index contributed by atoms with van der Waals surface area (Å²) < 4.78 is 4.63. The van der Waals surface area contributed by atoms with E-state index >= 15 is 0 Å². The lowest BCUT2D eigenvalue weighted by molar-refractivity contribution is -0.152. The van der Waals surface area contributed by atoms with E-state index in [0.717, 1.165) is 0 Å². The molecule has 0 aliphatic carbocycles. The van der Waals surface area contributed by atoms with Gasteiger partial charge in [0.1, 0.15) is 6.61 Å². The van der Waals surface area contributed by atoms with Crippen molar-refractivity contribution < 1.29 is 24.5 Å². The Kier molecular flexibility index (Phi) is 5.52. The Morgan fingerprint density at radius 3 is 2.56 bits per heavy atom. The molecule has 6 nitrogen and oxygen atoms in total. The number of carboxylic acid groups (broad SMARTS) is 1. The van der Waals surface area contributed by atoms with Gasteiger partial charge in [-0.3, -0.25) is 0 Å². The maximum Gasteiger partial charge on any atom is 0.407 e. The summed E-state index contributed by atoms with van der Waals surface area (Å²) in [6.45, 7) is 6.50. The molecule has 3 N–H and O–H groups in total. The monoisotopic (exact) mass is 231 g/mol. The predicted molar refractivity (Wildman–Crippen MR) is 57.0 cm³/mol. The number of nitrogens with one attached hydrogen (secondary N) is 1. The van der Waals surface area contributed by atoms with E-state index in [2.05, 4.69) is 16.6 Å². The average molecular weight is 231 g/mol. The van der Waals surface area contributed by atoms with Gasteiger partial charge in [-0.05, 0) is 0 Å². The van der Waals surface area contributed by atoms with E-state index in [-0.39, 0.29) is 13.2 Å². The molecule has 0 aromatic heterocycles. The van der Waals surface area contributed by atoms with Crippen LogP contribution in [0, 0.1) is 5.41 Å². The Balaban J connectivity index is 4.12. The fourth-order valence-electron chi connectivity index (χ4n) is 0.917. The van der Waals surface area contributed by atoms with Crippen LogP contribution in [0.25, 0.3) is 0 Å². The number of hydrogen-bond donors (Lipinski definition) is 3. The van der Waals surface area contributed by atoms with Crippen LogP contribution in [-0.2, 0) is 9.53 Å². The normalized spacial score (nSPS) is 12.7. The number of aliphatic carboxylic acids is 1. The number of rotatable bonds is 6. The van der Waals surface area contributed by atoms with Crippen LogP contribution in [0.5, 0.6) is 0 Å². The second-order valence-corrected chi connectivity index (χ2v) is 3.97. The van der Waals surface area contributed by atoms with E-state index in [1.54, 1.807) is 0 Å². The number of amides is 1. The maximum absolute atomic E-state index is 11.0. The molecule has 0 spiro atoms. The topological polar surface area (TPSA) is 95.9 Å². The van der Waals surface area contributed by atoms with Crippen LogP contribution >= 0.6 is 0 Å². The number of ether oxygens (including phenoxy) is 1. The SMILES string of the molecule is C=CCOC(=O)NCC(C)(C)C(O)C(=O)O. The summed E-state index contributed by atoms with van der Waals surface area (Å²) >= 11 is 0. The van der Waals surface area contributed by atoms with E-state index < -0.39 is 23.6 Å². The summed E-state index contributed by atoms with van der Waals surface area (Å²) in [5.41, 5.74) is -0.973. The highest BCUT2D eigenvalue weighted by Crippen LogP contribution is 2.19. The van der Waals surface area contributed by atoms with Crippen LogP contribution in [0.1, 0.15) is 13.8 Å². The number of carbonyl (C=O) groups excluding carboxylic acids is 1. The van der Waals surface area contributed by atoms with Crippen LogP contribution in [0.15, 0.2) is 12.7 Å². The van der Waals surface area contributed by atoms with Crippen molar-refractivity contribution in [3.8, 4) is 0 Å². The summed E-state index contributed by atoms with van der Waals surface area (Å²) in [5.74, 6) is -1.33. The molecule has 0 bridgehead atoms. The number of carboxylic acids is 1. The molecule has 0 aromatic rings. The van der Waals surface area contributed by atoms with Crippen molar-refractivity contribution in [1.82, 2.24) is 5.32 Å². The van der Waals surface area contributed by atoms with E-state index in [4.69, 9.17) is 5.11 Å². The van der Waals surface area contributed by atoms with Gasteiger partial charge in [0.2, 0.25) is 0 Å². The molecule has 1 unspecified atom stereocenters. The predicted octanol–water partition coefficient (Wildman–Crippen LogP) is 0.370. The van der Waals surface area contributed by atoms with Crippen molar-refractivity contribution in [3.63, 3.8) is 0 Å². The first-order valence-corrected chi connectivity index (χ1v) is 4.73. The molecule has 0 aliphatic rings. The zero-order chi connectivity index (χ0) is 12.8. The number of aliphatic hydroxyl groups excluding tert-OH is 1. The van der Waals surface area contributed by atoms with E-state index in [0.29, 0.717) is 0 Å². The largest absolute Gasteiger partial charge is 0.479 e. The first-order chi connectivity index (χ1) is 7.31. The van der Waals surface area contributed by atoms with Crippen molar-refractivity contribution in [2.45, 2.75) is 20.0 Å². The lowest BCUT2D eigenvalue weighted by atomic mass is 9.86. The molecule has 1 amide bonds. The first-order valence-electron chi connectivity index (χ1n) is 4.73. The summed E-state index contributed by atoms with van der Waals surface area (Å²) in [4.78, 5) is 21.6. The third-order valence-electron chi connectivity index (χ3n) is 1.99. The van der Waals surface area contributed by atoms with E-state index in [1.807, 2.05) is 0 Å². The molecule has 0 heterocycles. The molecule has 6 heteroatoms. The molecule has 0 aliphatic heterocycles. The molecule has 0 saturated heterocycles. The van der Waals surface area contributed by atoms with Crippen LogP contribution < -0.4 is 5.32 Å². The molecule has 92 valence electrons. The Bertz CT molecular complexity index is 274. The third-order valence-corrected chi connectivity index (χ3v) is 1.99. The summed E-state index contributed by atoms with van der Waals surface area (Å²) in [6, 6.07) is 0. The lowest BCUT2D eigenvalue weighted by Crippen LogP contribution is -2.45. The second kappa shape index (κ2) is 6.12. The van der Waals surface area contributed by atoms with Crippen molar-refractivity contribution in [3.05, 3.63) is 12.7 Å². The average Bonchev–Trinajstić information content (AvgIpc) is 2.22. The molecular formula is C10H17NO5. The molecular weight excluding hydrogens is 214 g/mol. The Morgan fingerprint density at radius 2 is 2.12 bits per heavy atom. The minimum atomic E-state index is -1.55. The van der Waals surface area contributed by atoms with Gasteiger partial charge in [-0.25, -0.2) is 9.59 Å². The van der Waals surface area contributed by atoms with Gasteiger partial charge in [0.15, 0.2) is 6.10 Å². The van der Waals surface area contributed by atoms with Gasteiger partial charge >= 0.3 is 12.1 Å². The Hall–Kier alpha value is -1.56. The van der Waals surface area contributed by atoms with E-state index in [1.165, 1.54) is 19.9 Å². The fraction of sp³-hybridized carbons (Fsp3) is 0.600.